The number of rotatable bonds is 5. The molecule has 0 aliphatic carbocycles. The van der Waals surface area contributed by atoms with Gasteiger partial charge < -0.3 is 9.15 Å². The van der Waals surface area contributed by atoms with Crippen molar-refractivity contribution in [2.24, 2.45) is 0 Å². The lowest BCUT2D eigenvalue weighted by Gasteiger charge is -2.27. The third-order valence-corrected chi connectivity index (χ3v) is 7.15. The van der Waals surface area contributed by atoms with E-state index in [-0.39, 0.29) is 5.04 Å². The standard InChI is InChI=1S/C14H18BrClNO2Si/c1-14(2,20(3)4)8-18-7-9-5-11-13(19-9)10(15)6-12(16)17-11/h5-6H,7-8H2,1-4H3. The van der Waals surface area contributed by atoms with Crippen molar-refractivity contribution in [2.75, 3.05) is 6.61 Å². The van der Waals surface area contributed by atoms with Gasteiger partial charge in [-0.15, -0.1) is 0 Å². The van der Waals surface area contributed by atoms with E-state index in [0.717, 1.165) is 22.4 Å². The molecular formula is C14H18BrClNO2Si. The second kappa shape index (κ2) is 6.18. The van der Waals surface area contributed by atoms with Crippen LogP contribution in [0.4, 0.5) is 0 Å². The Labute approximate surface area is 134 Å². The molecule has 20 heavy (non-hydrogen) atoms. The molecule has 0 aliphatic heterocycles. The molecule has 0 spiro atoms. The number of fused-ring (bicyclic) bond motifs is 1. The molecule has 2 heterocycles. The monoisotopic (exact) mass is 374 g/mol. The quantitative estimate of drug-likeness (QED) is 0.526. The Balaban J connectivity index is 2.06. The van der Waals surface area contributed by atoms with Crippen LogP contribution in [-0.4, -0.2) is 20.4 Å². The first-order valence-electron chi connectivity index (χ1n) is 6.42. The van der Waals surface area contributed by atoms with E-state index in [1.165, 1.54) is 0 Å². The van der Waals surface area contributed by atoms with Crippen LogP contribution in [0.5, 0.6) is 0 Å². The van der Waals surface area contributed by atoms with Crippen LogP contribution in [0.3, 0.4) is 0 Å². The van der Waals surface area contributed by atoms with Crippen molar-refractivity contribution >= 4 is 47.4 Å². The van der Waals surface area contributed by atoms with Gasteiger partial charge in [-0.3, -0.25) is 0 Å². The molecule has 1 radical (unpaired) electrons. The number of furan rings is 1. The minimum Gasteiger partial charge on any atom is -0.456 e. The van der Waals surface area contributed by atoms with E-state index < -0.39 is 8.80 Å². The molecule has 2 aromatic heterocycles. The third-order valence-electron chi connectivity index (χ3n) is 3.51. The number of aromatic nitrogens is 1. The van der Waals surface area contributed by atoms with Crippen molar-refractivity contribution < 1.29 is 9.15 Å². The van der Waals surface area contributed by atoms with E-state index in [4.69, 9.17) is 20.8 Å². The number of hydrogen-bond acceptors (Lipinski definition) is 3. The van der Waals surface area contributed by atoms with Crippen LogP contribution >= 0.6 is 27.5 Å². The number of ether oxygens (including phenoxy) is 1. The minimum atomic E-state index is -0.394. The van der Waals surface area contributed by atoms with Crippen LogP contribution in [0.15, 0.2) is 21.0 Å². The Morgan fingerprint density at radius 2 is 2.10 bits per heavy atom. The van der Waals surface area contributed by atoms with Crippen molar-refractivity contribution in [3.05, 3.63) is 27.5 Å². The highest BCUT2D eigenvalue weighted by Crippen LogP contribution is 2.31. The molecule has 0 saturated carbocycles. The molecule has 0 bridgehead atoms. The van der Waals surface area contributed by atoms with Gasteiger partial charge in [0, 0.05) is 12.7 Å². The Hall–Kier alpha value is -0.363. The lowest BCUT2D eigenvalue weighted by molar-refractivity contribution is 0.0889. The summed E-state index contributed by atoms with van der Waals surface area (Å²) in [5.74, 6) is 0.771. The molecule has 2 rings (SSSR count). The largest absolute Gasteiger partial charge is 0.456 e. The number of halogens is 2. The first-order chi connectivity index (χ1) is 9.29. The molecule has 0 saturated heterocycles. The number of pyridine rings is 1. The van der Waals surface area contributed by atoms with E-state index in [0.29, 0.717) is 17.3 Å². The lowest BCUT2D eigenvalue weighted by Crippen LogP contribution is -2.26. The Morgan fingerprint density at radius 1 is 1.40 bits per heavy atom. The summed E-state index contributed by atoms with van der Waals surface area (Å²) in [5.41, 5.74) is 1.46. The molecule has 0 atom stereocenters. The van der Waals surface area contributed by atoms with Crippen molar-refractivity contribution in [3.63, 3.8) is 0 Å². The average molecular weight is 376 g/mol. The molecule has 0 fully saturated rings. The predicted molar refractivity (Wildman–Crippen MR) is 87.9 cm³/mol. The summed E-state index contributed by atoms with van der Waals surface area (Å²) in [6.45, 7) is 10.3. The zero-order chi connectivity index (χ0) is 14.9. The lowest BCUT2D eigenvalue weighted by atomic mass is 10.2. The zero-order valence-corrected chi connectivity index (χ0v) is 15.4. The van der Waals surface area contributed by atoms with Crippen molar-refractivity contribution in [3.8, 4) is 0 Å². The summed E-state index contributed by atoms with van der Waals surface area (Å²) in [6, 6.07) is 3.60. The molecule has 2 aromatic rings. The summed E-state index contributed by atoms with van der Waals surface area (Å²) in [6.07, 6.45) is 0. The van der Waals surface area contributed by atoms with Gasteiger partial charge in [0.25, 0.3) is 0 Å². The summed E-state index contributed by atoms with van der Waals surface area (Å²) >= 11 is 9.35. The molecule has 0 amide bonds. The average Bonchev–Trinajstić information content (AvgIpc) is 2.71. The fourth-order valence-corrected chi connectivity index (χ4v) is 2.85. The van der Waals surface area contributed by atoms with Gasteiger partial charge >= 0.3 is 0 Å². The van der Waals surface area contributed by atoms with Gasteiger partial charge in [0.1, 0.15) is 23.0 Å². The van der Waals surface area contributed by atoms with Gasteiger partial charge in [0.2, 0.25) is 0 Å². The molecule has 0 unspecified atom stereocenters. The van der Waals surface area contributed by atoms with E-state index in [9.17, 15) is 0 Å². The fraction of sp³-hybridized carbons (Fsp3) is 0.500. The van der Waals surface area contributed by atoms with Gasteiger partial charge in [-0.25, -0.2) is 4.98 Å². The second-order valence-corrected chi connectivity index (χ2v) is 10.3. The molecule has 6 heteroatoms. The molecule has 0 aliphatic rings. The predicted octanol–water partition coefficient (Wildman–Crippen LogP) is 5.29. The maximum atomic E-state index is 5.92. The van der Waals surface area contributed by atoms with Gasteiger partial charge in [-0.1, -0.05) is 38.5 Å². The van der Waals surface area contributed by atoms with Gasteiger partial charge in [0.15, 0.2) is 5.58 Å². The Bertz CT molecular complexity index is 612. The SMILES string of the molecule is C[Si](C)C(C)(C)COCc1cc2nc(Cl)cc(Br)c2o1. The third kappa shape index (κ3) is 3.64. The van der Waals surface area contributed by atoms with Crippen LogP contribution in [0.25, 0.3) is 11.1 Å². The fourth-order valence-electron chi connectivity index (χ4n) is 1.62. The number of hydrogen-bond donors (Lipinski definition) is 0. The highest BCUT2D eigenvalue weighted by Gasteiger charge is 2.24. The molecule has 0 N–H and O–H groups in total. The molecular weight excluding hydrogens is 358 g/mol. The number of nitrogens with zero attached hydrogens (tertiary/aromatic N) is 1. The molecule has 3 nitrogen and oxygen atoms in total. The van der Waals surface area contributed by atoms with E-state index in [2.05, 4.69) is 47.9 Å². The van der Waals surface area contributed by atoms with Crippen LogP contribution < -0.4 is 0 Å². The van der Waals surface area contributed by atoms with Crippen LogP contribution in [0.2, 0.25) is 23.3 Å². The van der Waals surface area contributed by atoms with Crippen LogP contribution in [0.1, 0.15) is 19.6 Å². The topological polar surface area (TPSA) is 35.3 Å². The Kier molecular flexibility index (Phi) is 4.95. The summed E-state index contributed by atoms with van der Waals surface area (Å²) in [7, 11) is -0.394. The first-order valence-corrected chi connectivity index (χ1v) is 10.1. The maximum absolute atomic E-state index is 5.92. The zero-order valence-electron chi connectivity index (χ0n) is 12.1. The van der Waals surface area contributed by atoms with Crippen molar-refractivity contribution in [1.29, 1.82) is 0 Å². The minimum absolute atomic E-state index is 0.249. The van der Waals surface area contributed by atoms with Gasteiger partial charge in [-0.2, -0.15) is 0 Å². The van der Waals surface area contributed by atoms with E-state index in [1.807, 2.05) is 6.07 Å². The second-order valence-electron chi connectivity index (χ2n) is 5.73. The maximum Gasteiger partial charge on any atom is 0.167 e. The highest BCUT2D eigenvalue weighted by atomic mass is 79.9. The van der Waals surface area contributed by atoms with E-state index in [1.54, 1.807) is 6.07 Å². The van der Waals surface area contributed by atoms with Gasteiger partial charge in [-0.05, 0) is 27.0 Å². The molecule has 109 valence electrons. The Morgan fingerprint density at radius 3 is 2.75 bits per heavy atom. The highest BCUT2D eigenvalue weighted by molar-refractivity contribution is 9.10. The molecule has 0 aromatic carbocycles. The first kappa shape index (κ1) is 16.0. The van der Waals surface area contributed by atoms with Gasteiger partial charge in [0.05, 0.1) is 13.3 Å². The normalized spacial score (nSPS) is 12.6. The smallest absolute Gasteiger partial charge is 0.167 e. The summed E-state index contributed by atoms with van der Waals surface area (Å²) in [4.78, 5) is 4.23. The van der Waals surface area contributed by atoms with Crippen LogP contribution in [-0.2, 0) is 11.3 Å². The summed E-state index contributed by atoms with van der Waals surface area (Å²) < 4.78 is 12.4. The summed E-state index contributed by atoms with van der Waals surface area (Å²) in [5, 5.41) is 0.696. The van der Waals surface area contributed by atoms with Crippen molar-refractivity contribution in [1.82, 2.24) is 4.98 Å². The van der Waals surface area contributed by atoms with Crippen molar-refractivity contribution in [2.45, 2.75) is 38.6 Å². The van der Waals surface area contributed by atoms with Crippen LogP contribution in [0, 0.1) is 0 Å². The van der Waals surface area contributed by atoms with E-state index >= 15 is 0 Å².